The number of thioether (sulfide) groups is 1. The van der Waals surface area contributed by atoms with Gasteiger partial charge in [0.15, 0.2) is 0 Å². The van der Waals surface area contributed by atoms with Crippen molar-refractivity contribution >= 4 is 46.2 Å². The number of imide groups is 1. The Kier molecular flexibility index (Phi) is 5.06. The van der Waals surface area contributed by atoms with Gasteiger partial charge in [0.1, 0.15) is 5.75 Å². The molecule has 0 radical (unpaired) electrons. The largest absolute Gasteiger partial charge is 0.494 e. The Balaban J connectivity index is 2.02. The number of carbonyl (C=O) groups excluding carboxylic acids is 2. The molecule has 0 N–H and O–H groups in total. The minimum absolute atomic E-state index is 0.260. The summed E-state index contributed by atoms with van der Waals surface area (Å²) in [5, 5.41) is 1.91. The molecule has 2 amide bonds. The first-order chi connectivity index (χ1) is 11.7. The second kappa shape index (κ2) is 7.23. The topological polar surface area (TPSA) is 46.6 Å². The van der Waals surface area contributed by atoms with E-state index in [0.717, 1.165) is 10.6 Å². The molecule has 1 aliphatic heterocycles. The predicted molar refractivity (Wildman–Crippen MR) is 99.5 cm³/mol. The van der Waals surface area contributed by atoms with E-state index in [1.54, 1.807) is 18.2 Å². The van der Waals surface area contributed by atoms with Crippen molar-refractivity contribution in [1.29, 1.82) is 0 Å². The molecule has 124 valence electrons. The van der Waals surface area contributed by atoms with E-state index in [1.165, 1.54) is 28.0 Å². The zero-order valence-electron chi connectivity index (χ0n) is 13.4. The summed E-state index contributed by atoms with van der Waals surface area (Å²) in [6.45, 7) is 4.39. The van der Waals surface area contributed by atoms with Crippen molar-refractivity contribution in [2.24, 2.45) is 0 Å². The van der Waals surface area contributed by atoms with E-state index in [2.05, 4.69) is 0 Å². The molecule has 2 heterocycles. The van der Waals surface area contributed by atoms with Crippen LogP contribution < -0.4 is 9.64 Å². The van der Waals surface area contributed by atoms with Gasteiger partial charge < -0.3 is 4.74 Å². The number of thiophene rings is 1. The molecule has 24 heavy (non-hydrogen) atoms. The number of ether oxygens (including phenoxy) is 1. The zero-order chi connectivity index (χ0) is 17.1. The second-order valence-corrected chi connectivity index (χ2v) is 7.21. The fourth-order valence-corrected chi connectivity index (χ4v) is 4.22. The first kappa shape index (κ1) is 16.8. The number of amides is 2. The van der Waals surface area contributed by atoms with Crippen molar-refractivity contribution in [3.8, 4) is 5.75 Å². The van der Waals surface area contributed by atoms with Crippen LogP contribution in [0.4, 0.5) is 5.69 Å². The summed E-state index contributed by atoms with van der Waals surface area (Å²) in [7, 11) is 0. The predicted octanol–water partition coefficient (Wildman–Crippen LogP) is 4.18. The molecule has 0 spiro atoms. The van der Waals surface area contributed by atoms with E-state index >= 15 is 0 Å². The molecule has 2 aromatic rings. The molecule has 0 saturated heterocycles. The molecule has 1 aliphatic rings. The summed E-state index contributed by atoms with van der Waals surface area (Å²) < 4.78 is 5.48. The maximum Gasteiger partial charge on any atom is 0.272 e. The number of rotatable bonds is 6. The van der Waals surface area contributed by atoms with Gasteiger partial charge in [-0.1, -0.05) is 19.1 Å². The van der Waals surface area contributed by atoms with Crippen LogP contribution in [0.3, 0.4) is 0 Å². The number of carbonyl (C=O) groups is 2. The summed E-state index contributed by atoms with van der Waals surface area (Å²) >= 11 is 2.88. The molecular weight excluding hydrogens is 342 g/mol. The Labute approximate surface area is 149 Å². The second-order valence-electron chi connectivity index (χ2n) is 4.99. The zero-order valence-corrected chi connectivity index (χ0v) is 15.1. The molecule has 0 saturated carbocycles. The summed E-state index contributed by atoms with van der Waals surface area (Å²) in [5.74, 6) is 0.844. The highest BCUT2D eigenvalue weighted by Crippen LogP contribution is 2.40. The SMILES string of the molecule is CCOc1cccc(N2C(=O)C(SCC)=C(c3cccs3)C2=O)c1. The summed E-state index contributed by atoms with van der Waals surface area (Å²) in [5.41, 5.74) is 1.04. The third kappa shape index (κ3) is 2.99. The van der Waals surface area contributed by atoms with Crippen LogP contribution in [0.5, 0.6) is 5.75 Å². The average molecular weight is 359 g/mol. The van der Waals surface area contributed by atoms with Gasteiger partial charge >= 0.3 is 0 Å². The van der Waals surface area contributed by atoms with Crippen LogP contribution in [0.1, 0.15) is 18.7 Å². The van der Waals surface area contributed by atoms with Gasteiger partial charge in [0.25, 0.3) is 11.8 Å². The Morgan fingerprint density at radius 3 is 2.62 bits per heavy atom. The molecule has 4 nitrogen and oxygen atoms in total. The van der Waals surface area contributed by atoms with Gasteiger partial charge in [-0.05, 0) is 36.3 Å². The van der Waals surface area contributed by atoms with Crippen LogP contribution in [0, 0.1) is 0 Å². The third-order valence-electron chi connectivity index (χ3n) is 3.48. The van der Waals surface area contributed by atoms with Crippen LogP contribution in [0.2, 0.25) is 0 Å². The standard InChI is InChI=1S/C18H17NO3S2/c1-3-22-13-8-5-7-12(11-13)19-17(20)15(14-9-6-10-24-14)16(18(19)21)23-4-2/h5-11H,3-4H2,1-2H3. The van der Waals surface area contributed by atoms with Crippen molar-refractivity contribution in [3.63, 3.8) is 0 Å². The lowest BCUT2D eigenvalue weighted by Crippen LogP contribution is -2.31. The number of hydrogen-bond acceptors (Lipinski definition) is 5. The summed E-state index contributed by atoms with van der Waals surface area (Å²) in [4.78, 5) is 28.4. The molecule has 3 rings (SSSR count). The Hall–Kier alpha value is -2.05. The summed E-state index contributed by atoms with van der Waals surface area (Å²) in [6.07, 6.45) is 0. The molecule has 1 aromatic heterocycles. The Morgan fingerprint density at radius 2 is 1.96 bits per heavy atom. The van der Waals surface area contributed by atoms with E-state index in [9.17, 15) is 9.59 Å². The monoisotopic (exact) mass is 359 g/mol. The van der Waals surface area contributed by atoms with Crippen LogP contribution in [0.15, 0.2) is 46.7 Å². The number of nitrogens with zero attached hydrogens (tertiary/aromatic N) is 1. The highest BCUT2D eigenvalue weighted by Gasteiger charge is 2.40. The van der Waals surface area contributed by atoms with E-state index in [-0.39, 0.29) is 11.8 Å². The third-order valence-corrected chi connectivity index (χ3v) is 5.33. The fourth-order valence-electron chi connectivity index (χ4n) is 2.54. The number of hydrogen-bond donors (Lipinski definition) is 0. The van der Waals surface area contributed by atoms with Gasteiger partial charge in [-0.2, -0.15) is 0 Å². The fraction of sp³-hybridized carbons (Fsp3) is 0.222. The van der Waals surface area contributed by atoms with E-state index in [1.807, 2.05) is 37.4 Å². The average Bonchev–Trinajstić information content (AvgIpc) is 3.16. The van der Waals surface area contributed by atoms with Crippen LogP contribution in [-0.2, 0) is 9.59 Å². The summed E-state index contributed by atoms with van der Waals surface area (Å²) in [6, 6.07) is 10.8. The molecule has 0 bridgehead atoms. The van der Waals surface area contributed by atoms with E-state index in [4.69, 9.17) is 4.74 Å². The maximum absolute atomic E-state index is 13.0. The van der Waals surface area contributed by atoms with E-state index < -0.39 is 0 Å². The molecular formula is C18H17NO3S2. The Bertz CT molecular complexity index is 796. The van der Waals surface area contributed by atoms with Crippen molar-refractivity contribution < 1.29 is 14.3 Å². The van der Waals surface area contributed by atoms with Crippen molar-refractivity contribution in [3.05, 3.63) is 51.6 Å². The highest BCUT2D eigenvalue weighted by atomic mass is 32.2. The van der Waals surface area contributed by atoms with Crippen molar-refractivity contribution in [2.45, 2.75) is 13.8 Å². The lowest BCUT2D eigenvalue weighted by molar-refractivity contribution is -0.119. The minimum atomic E-state index is -0.271. The number of benzene rings is 1. The van der Waals surface area contributed by atoms with Gasteiger partial charge in [-0.25, -0.2) is 4.90 Å². The molecule has 0 unspecified atom stereocenters. The smallest absolute Gasteiger partial charge is 0.272 e. The van der Waals surface area contributed by atoms with Gasteiger partial charge in [-0.15, -0.1) is 23.1 Å². The molecule has 6 heteroatoms. The normalized spacial score (nSPS) is 14.7. The minimum Gasteiger partial charge on any atom is -0.494 e. The maximum atomic E-state index is 13.0. The first-order valence-corrected chi connectivity index (χ1v) is 9.56. The Morgan fingerprint density at radius 1 is 1.12 bits per heavy atom. The van der Waals surface area contributed by atoms with Crippen LogP contribution in [0.25, 0.3) is 5.57 Å². The first-order valence-electron chi connectivity index (χ1n) is 7.70. The lowest BCUT2D eigenvalue weighted by Gasteiger charge is -2.16. The lowest BCUT2D eigenvalue weighted by atomic mass is 10.2. The number of anilines is 1. The van der Waals surface area contributed by atoms with Crippen molar-refractivity contribution in [1.82, 2.24) is 0 Å². The van der Waals surface area contributed by atoms with Gasteiger partial charge in [0.05, 0.1) is 22.8 Å². The van der Waals surface area contributed by atoms with Crippen LogP contribution in [-0.4, -0.2) is 24.2 Å². The van der Waals surface area contributed by atoms with Gasteiger partial charge in [-0.3, -0.25) is 9.59 Å². The van der Waals surface area contributed by atoms with E-state index in [0.29, 0.717) is 28.5 Å². The van der Waals surface area contributed by atoms with Crippen molar-refractivity contribution in [2.75, 3.05) is 17.3 Å². The molecule has 1 aromatic carbocycles. The molecule has 0 aliphatic carbocycles. The van der Waals surface area contributed by atoms with Gasteiger partial charge in [0, 0.05) is 10.9 Å². The molecule has 0 fully saturated rings. The van der Waals surface area contributed by atoms with Crippen LogP contribution >= 0.6 is 23.1 Å². The van der Waals surface area contributed by atoms with Gasteiger partial charge in [0.2, 0.25) is 0 Å². The highest BCUT2D eigenvalue weighted by molar-refractivity contribution is 8.04. The molecule has 0 atom stereocenters. The quantitative estimate of drug-likeness (QED) is 0.726.